The van der Waals surface area contributed by atoms with E-state index in [4.69, 9.17) is 21.1 Å². The lowest BCUT2D eigenvalue weighted by atomic mass is 10.2. The van der Waals surface area contributed by atoms with Crippen molar-refractivity contribution in [3.8, 4) is 11.5 Å². The standard InChI is InChI=1S/C20H23ClN2O5S/c1-13-4-7-16(8-5-13)27-12-14(2)22-20(24)19-11-23(29(3,25)26)17-10-15(21)6-9-18(17)28-19/h4-10,14,19H,11-12H2,1-3H3,(H,22,24). The number of aryl methyl sites for hydroxylation is 1. The van der Waals surface area contributed by atoms with E-state index in [1.165, 1.54) is 6.07 Å². The molecule has 1 amide bonds. The summed E-state index contributed by atoms with van der Waals surface area (Å²) in [6, 6.07) is 11.9. The molecule has 2 aromatic carbocycles. The molecule has 1 aliphatic rings. The fourth-order valence-corrected chi connectivity index (χ4v) is 3.98. The second-order valence-corrected chi connectivity index (χ2v) is 9.39. The minimum atomic E-state index is -3.61. The molecule has 0 aromatic heterocycles. The maximum absolute atomic E-state index is 12.7. The Morgan fingerprint density at radius 3 is 2.66 bits per heavy atom. The van der Waals surface area contributed by atoms with E-state index in [1.807, 2.05) is 31.2 Å². The van der Waals surface area contributed by atoms with Crippen molar-refractivity contribution in [1.82, 2.24) is 5.32 Å². The first-order chi connectivity index (χ1) is 13.6. The van der Waals surface area contributed by atoms with Gasteiger partial charge in [-0.2, -0.15) is 0 Å². The van der Waals surface area contributed by atoms with Crippen LogP contribution in [0.1, 0.15) is 12.5 Å². The zero-order valence-electron chi connectivity index (χ0n) is 16.4. The number of hydrogen-bond acceptors (Lipinski definition) is 5. The highest BCUT2D eigenvalue weighted by atomic mass is 35.5. The Hall–Kier alpha value is -2.45. The number of anilines is 1. The number of carbonyl (C=O) groups excluding carboxylic acids is 1. The topological polar surface area (TPSA) is 84.9 Å². The second-order valence-electron chi connectivity index (χ2n) is 7.05. The third-order valence-electron chi connectivity index (χ3n) is 4.39. The molecule has 7 nitrogen and oxygen atoms in total. The average Bonchev–Trinajstić information content (AvgIpc) is 2.65. The zero-order chi connectivity index (χ0) is 21.2. The molecule has 0 saturated carbocycles. The number of sulfonamides is 1. The number of benzene rings is 2. The van der Waals surface area contributed by atoms with E-state index in [0.29, 0.717) is 16.5 Å². The van der Waals surface area contributed by atoms with E-state index in [-0.39, 0.29) is 24.9 Å². The lowest BCUT2D eigenvalue weighted by Crippen LogP contribution is -2.52. The molecule has 3 rings (SSSR count). The first kappa shape index (κ1) is 21.3. The molecular formula is C20H23ClN2O5S. The first-order valence-corrected chi connectivity index (χ1v) is 11.3. The van der Waals surface area contributed by atoms with Crippen molar-refractivity contribution in [2.24, 2.45) is 0 Å². The molecule has 0 spiro atoms. The minimum Gasteiger partial charge on any atom is -0.491 e. The molecule has 0 saturated heterocycles. The fourth-order valence-electron chi connectivity index (χ4n) is 2.91. The van der Waals surface area contributed by atoms with Crippen molar-refractivity contribution >= 4 is 33.2 Å². The molecule has 2 aromatic rings. The van der Waals surface area contributed by atoms with Crippen LogP contribution in [0.15, 0.2) is 42.5 Å². The number of hydrogen-bond donors (Lipinski definition) is 1. The molecule has 29 heavy (non-hydrogen) atoms. The average molecular weight is 439 g/mol. The predicted octanol–water partition coefficient (Wildman–Crippen LogP) is 2.76. The molecule has 0 radical (unpaired) electrons. The molecule has 9 heteroatoms. The van der Waals surface area contributed by atoms with Gasteiger partial charge in [0.1, 0.15) is 18.1 Å². The Kier molecular flexibility index (Phi) is 6.24. The van der Waals surface area contributed by atoms with Gasteiger partial charge in [0.2, 0.25) is 10.0 Å². The quantitative estimate of drug-likeness (QED) is 0.749. The number of fused-ring (bicyclic) bond motifs is 1. The zero-order valence-corrected chi connectivity index (χ0v) is 18.0. The summed E-state index contributed by atoms with van der Waals surface area (Å²) in [5.74, 6) is 0.578. The first-order valence-electron chi connectivity index (χ1n) is 9.07. The summed E-state index contributed by atoms with van der Waals surface area (Å²) >= 11 is 5.98. The normalized spacial score (nSPS) is 17.1. The van der Waals surface area contributed by atoms with Gasteiger partial charge in [0.05, 0.1) is 24.5 Å². The van der Waals surface area contributed by atoms with Crippen molar-refractivity contribution in [2.75, 3.05) is 23.7 Å². The molecule has 0 fully saturated rings. The van der Waals surface area contributed by atoms with Crippen LogP contribution in [0.5, 0.6) is 11.5 Å². The number of ether oxygens (including phenoxy) is 2. The molecule has 2 atom stereocenters. The molecular weight excluding hydrogens is 416 g/mol. The van der Waals surface area contributed by atoms with Crippen molar-refractivity contribution in [3.05, 3.63) is 53.1 Å². The summed E-state index contributed by atoms with van der Waals surface area (Å²) in [4.78, 5) is 12.7. The Morgan fingerprint density at radius 1 is 1.31 bits per heavy atom. The third-order valence-corrected chi connectivity index (χ3v) is 5.77. The molecule has 2 unspecified atom stereocenters. The van der Waals surface area contributed by atoms with Crippen LogP contribution in [0.25, 0.3) is 0 Å². The lowest BCUT2D eigenvalue weighted by molar-refractivity contribution is -0.128. The molecule has 1 N–H and O–H groups in total. The van der Waals surface area contributed by atoms with Gasteiger partial charge < -0.3 is 14.8 Å². The van der Waals surface area contributed by atoms with Gasteiger partial charge in [-0.05, 0) is 44.2 Å². The van der Waals surface area contributed by atoms with Crippen LogP contribution in [0.2, 0.25) is 5.02 Å². The van der Waals surface area contributed by atoms with Crippen LogP contribution in [0.3, 0.4) is 0 Å². The fraction of sp³-hybridized carbons (Fsp3) is 0.350. The van der Waals surface area contributed by atoms with Crippen LogP contribution in [0, 0.1) is 6.92 Å². The summed E-state index contributed by atoms with van der Waals surface area (Å²) in [6.45, 7) is 3.92. The van der Waals surface area contributed by atoms with Gasteiger partial charge in [0, 0.05) is 5.02 Å². The van der Waals surface area contributed by atoms with Gasteiger partial charge in [0.25, 0.3) is 5.91 Å². The number of amides is 1. The highest BCUT2D eigenvalue weighted by Gasteiger charge is 2.35. The molecule has 156 valence electrons. The Labute approximate surface area is 175 Å². The lowest BCUT2D eigenvalue weighted by Gasteiger charge is -2.34. The van der Waals surface area contributed by atoms with Crippen molar-refractivity contribution < 1.29 is 22.7 Å². The summed E-state index contributed by atoms with van der Waals surface area (Å²) in [6.07, 6.45) is 0.0935. The second kappa shape index (κ2) is 8.51. The van der Waals surface area contributed by atoms with Crippen molar-refractivity contribution in [2.45, 2.75) is 26.0 Å². The van der Waals surface area contributed by atoms with Crippen molar-refractivity contribution in [3.63, 3.8) is 0 Å². The molecule has 1 aliphatic heterocycles. The Bertz CT molecular complexity index is 994. The van der Waals surface area contributed by atoms with E-state index in [9.17, 15) is 13.2 Å². The predicted molar refractivity (Wildman–Crippen MR) is 112 cm³/mol. The Morgan fingerprint density at radius 2 is 2.00 bits per heavy atom. The van der Waals surface area contributed by atoms with Crippen LogP contribution in [-0.4, -0.2) is 45.9 Å². The van der Waals surface area contributed by atoms with E-state index >= 15 is 0 Å². The molecule has 1 heterocycles. The SMILES string of the molecule is Cc1ccc(OCC(C)NC(=O)C2CN(S(C)(=O)=O)c3cc(Cl)ccc3O2)cc1. The van der Waals surface area contributed by atoms with E-state index in [1.54, 1.807) is 19.1 Å². The number of halogens is 1. The van der Waals surface area contributed by atoms with Gasteiger partial charge >= 0.3 is 0 Å². The van der Waals surface area contributed by atoms with Crippen molar-refractivity contribution in [1.29, 1.82) is 0 Å². The minimum absolute atomic E-state index is 0.135. The van der Waals surface area contributed by atoms with Gasteiger partial charge in [-0.25, -0.2) is 8.42 Å². The molecule has 0 bridgehead atoms. The van der Waals surface area contributed by atoms with Crippen LogP contribution in [-0.2, 0) is 14.8 Å². The number of carbonyl (C=O) groups is 1. The van der Waals surface area contributed by atoms with Crippen LogP contribution < -0.4 is 19.1 Å². The van der Waals surface area contributed by atoms with Gasteiger partial charge in [-0.3, -0.25) is 9.10 Å². The van der Waals surface area contributed by atoms with Gasteiger partial charge in [-0.1, -0.05) is 29.3 Å². The number of nitrogens with one attached hydrogen (secondary N) is 1. The smallest absolute Gasteiger partial charge is 0.263 e. The number of nitrogens with zero attached hydrogens (tertiary/aromatic N) is 1. The summed E-state index contributed by atoms with van der Waals surface area (Å²) < 4.78 is 37.0. The summed E-state index contributed by atoms with van der Waals surface area (Å²) in [7, 11) is -3.61. The van der Waals surface area contributed by atoms with E-state index < -0.39 is 22.0 Å². The monoisotopic (exact) mass is 438 g/mol. The maximum atomic E-state index is 12.7. The summed E-state index contributed by atoms with van der Waals surface area (Å²) in [5.41, 5.74) is 1.45. The Balaban J connectivity index is 1.66. The highest BCUT2D eigenvalue weighted by Crippen LogP contribution is 2.37. The molecule has 0 aliphatic carbocycles. The van der Waals surface area contributed by atoms with Gasteiger partial charge in [-0.15, -0.1) is 0 Å². The summed E-state index contributed by atoms with van der Waals surface area (Å²) in [5, 5.41) is 3.19. The van der Waals surface area contributed by atoms with Gasteiger partial charge in [0.15, 0.2) is 6.10 Å². The third kappa shape index (κ3) is 5.33. The highest BCUT2D eigenvalue weighted by molar-refractivity contribution is 7.92. The van der Waals surface area contributed by atoms with Crippen LogP contribution >= 0.6 is 11.6 Å². The van der Waals surface area contributed by atoms with Crippen LogP contribution in [0.4, 0.5) is 5.69 Å². The van der Waals surface area contributed by atoms with E-state index in [2.05, 4.69) is 5.32 Å². The largest absolute Gasteiger partial charge is 0.491 e. The number of rotatable bonds is 6. The maximum Gasteiger partial charge on any atom is 0.263 e. The van der Waals surface area contributed by atoms with E-state index in [0.717, 1.165) is 16.1 Å².